The molecule has 12 heavy (non-hydrogen) atoms. The van der Waals surface area contributed by atoms with Crippen LogP contribution in [0.2, 0.25) is 0 Å². The molecule has 1 aliphatic heterocycles. The second-order valence-corrected chi connectivity index (χ2v) is 5.18. The molecule has 0 fully saturated rings. The summed E-state index contributed by atoms with van der Waals surface area (Å²) in [6.45, 7) is 6.82. The fourth-order valence-electron chi connectivity index (χ4n) is 2.06. The minimum atomic E-state index is 0.690. The monoisotopic (exact) mass is 178 g/mol. The maximum Gasteiger partial charge on any atom is 0.0280 e. The van der Waals surface area contributed by atoms with Gasteiger partial charge >= 0.3 is 0 Å². The first kappa shape index (κ1) is 8.18. The normalized spacial score (nSPS) is 27.2. The van der Waals surface area contributed by atoms with Crippen molar-refractivity contribution in [1.82, 2.24) is 0 Å². The average Bonchev–Trinajstić information content (AvgIpc) is 2.29. The van der Waals surface area contributed by atoms with Crippen LogP contribution in [-0.4, -0.2) is 0 Å². The Balaban J connectivity index is 2.59. The van der Waals surface area contributed by atoms with Crippen LogP contribution in [0.25, 0.3) is 0 Å². The Morgan fingerprint density at radius 1 is 1.17 bits per heavy atom. The topological polar surface area (TPSA) is 0 Å². The van der Waals surface area contributed by atoms with Crippen molar-refractivity contribution < 1.29 is 0 Å². The Morgan fingerprint density at radius 3 is 2.58 bits per heavy atom. The van der Waals surface area contributed by atoms with E-state index in [9.17, 15) is 0 Å². The van der Waals surface area contributed by atoms with Crippen LogP contribution in [0.4, 0.5) is 0 Å². The van der Waals surface area contributed by atoms with E-state index in [4.69, 9.17) is 0 Å². The van der Waals surface area contributed by atoms with Crippen molar-refractivity contribution in [3.8, 4) is 0 Å². The molecule has 1 aromatic carbocycles. The van der Waals surface area contributed by atoms with Crippen molar-refractivity contribution in [2.75, 3.05) is 0 Å². The quantitative estimate of drug-likeness (QED) is 0.581. The van der Waals surface area contributed by atoms with Gasteiger partial charge in [-0.15, -0.1) is 11.8 Å². The summed E-state index contributed by atoms with van der Waals surface area (Å²) in [6.07, 6.45) is 0. The zero-order chi connectivity index (χ0) is 8.72. The molecule has 2 unspecified atom stereocenters. The summed E-state index contributed by atoms with van der Waals surface area (Å²) in [5.41, 5.74) is 4.58. The Morgan fingerprint density at radius 2 is 1.92 bits per heavy atom. The van der Waals surface area contributed by atoms with E-state index < -0.39 is 0 Å². The van der Waals surface area contributed by atoms with E-state index >= 15 is 0 Å². The maximum atomic E-state index is 2.31. The van der Waals surface area contributed by atoms with Gasteiger partial charge in [0.2, 0.25) is 0 Å². The van der Waals surface area contributed by atoms with Crippen LogP contribution >= 0.6 is 11.8 Å². The van der Waals surface area contributed by atoms with Crippen molar-refractivity contribution in [1.29, 1.82) is 0 Å². The molecule has 1 heteroatoms. The smallest absolute Gasteiger partial charge is 0.0280 e. The fourth-order valence-corrected chi connectivity index (χ4v) is 3.48. The second kappa shape index (κ2) is 2.81. The Hall–Kier alpha value is -0.430. The molecule has 2 rings (SSSR count). The van der Waals surface area contributed by atoms with Crippen LogP contribution < -0.4 is 0 Å². The predicted molar refractivity (Wildman–Crippen MR) is 55.6 cm³/mol. The SMILES string of the molecule is Cc1cccc2c1C(C)SC2C. The number of rotatable bonds is 0. The molecule has 0 radical (unpaired) electrons. The highest BCUT2D eigenvalue weighted by Crippen LogP contribution is 2.50. The van der Waals surface area contributed by atoms with Crippen LogP contribution in [0.1, 0.15) is 41.0 Å². The van der Waals surface area contributed by atoms with E-state index in [-0.39, 0.29) is 0 Å². The van der Waals surface area contributed by atoms with E-state index in [1.807, 2.05) is 0 Å². The highest BCUT2D eigenvalue weighted by atomic mass is 32.2. The molecule has 0 bridgehead atoms. The zero-order valence-corrected chi connectivity index (χ0v) is 8.61. The van der Waals surface area contributed by atoms with E-state index in [2.05, 4.69) is 50.7 Å². The number of hydrogen-bond acceptors (Lipinski definition) is 1. The first-order chi connectivity index (χ1) is 5.70. The number of aryl methyl sites for hydroxylation is 1. The predicted octanol–water partition coefficient (Wildman–Crippen LogP) is 3.86. The van der Waals surface area contributed by atoms with Crippen LogP contribution in [-0.2, 0) is 0 Å². The van der Waals surface area contributed by atoms with Crippen LogP contribution in [0.3, 0.4) is 0 Å². The number of benzene rings is 1. The van der Waals surface area contributed by atoms with Gasteiger partial charge in [-0.3, -0.25) is 0 Å². The fraction of sp³-hybridized carbons (Fsp3) is 0.455. The first-order valence-corrected chi connectivity index (χ1v) is 5.39. The number of hydrogen-bond donors (Lipinski definition) is 0. The lowest BCUT2D eigenvalue weighted by Crippen LogP contribution is -1.89. The Labute approximate surface area is 78.4 Å². The molecule has 1 aliphatic rings. The summed E-state index contributed by atoms with van der Waals surface area (Å²) >= 11 is 2.06. The third kappa shape index (κ3) is 1.08. The van der Waals surface area contributed by atoms with Crippen molar-refractivity contribution in [3.63, 3.8) is 0 Å². The summed E-state index contributed by atoms with van der Waals surface area (Å²) < 4.78 is 0. The molecule has 1 aromatic rings. The Kier molecular flexibility index (Phi) is 1.91. The standard InChI is InChI=1S/C11H14S/c1-7-5-4-6-10-8(2)12-9(3)11(7)10/h4-6,8-9H,1-3H3. The van der Waals surface area contributed by atoms with Gasteiger partial charge in [0.1, 0.15) is 0 Å². The van der Waals surface area contributed by atoms with Gasteiger partial charge in [-0.2, -0.15) is 0 Å². The largest absolute Gasteiger partial charge is 0.146 e. The Bertz CT molecular complexity index is 304. The molecule has 0 spiro atoms. The molecule has 0 saturated heterocycles. The minimum absolute atomic E-state index is 0.690. The van der Waals surface area contributed by atoms with E-state index in [1.165, 1.54) is 5.56 Å². The molecule has 0 aliphatic carbocycles. The van der Waals surface area contributed by atoms with Gasteiger partial charge in [0, 0.05) is 10.5 Å². The second-order valence-electron chi connectivity index (χ2n) is 3.50. The molecule has 2 atom stereocenters. The lowest BCUT2D eigenvalue weighted by molar-refractivity contribution is 1.06. The highest BCUT2D eigenvalue weighted by molar-refractivity contribution is 8.00. The van der Waals surface area contributed by atoms with Gasteiger partial charge in [0.25, 0.3) is 0 Å². The average molecular weight is 178 g/mol. The molecular weight excluding hydrogens is 164 g/mol. The molecule has 0 saturated carbocycles. The van der Waals surface area contributed by atoms with Gasteiger partial charge in [-0.1, -0.05) is 18.2 Å². The molecule has 0 amide bonds. The van der Waals surface area contributed by atoms with Crippen LogP contribution in [0.15, 0.2) is 18.2 Å². The van der Waals surface area contributed by atoms with Crippen molar-refractivity contribution in [3.05, 3.63) is 34.9 Å². The first-order valence-electron chi connectivity index (χ1n) is 4.45. The molecule has 1 heterocycles. The van der Waals surface area contributed by atoms with E-state index in [0.29, 0.717) is 10.5 Å². The van der Waals surface area contributed by atoms with E-state index in [0.717, 1.165) is 0 Å². The summed E-state index contributed by atoms with van der Waals surface area (Å²) in [4.78, 5) is 0. The van der Waals surface area contributed by atoms with Gasteiger partial charge in [0.15, 0.2) is 0 Å². The van der Waals surface area contributed by atoms with Gasteiger partial charge < -0.3 is 0 Å². The van der Waals surface area contributed by atoms with Crippen LogP contribution in [0, 0.1) is 6.92 Å². The highest BCUT2D eigenvalue weighted by Gasteiger charge is 2.26. The molecule has 0 N–H and O–H groups in total. The molecular formula is C11H14S. The molecule has 0 nitrogen and oxygen atoms in total. The van der Waals surface area contributed by atoms with Crippen LogP contribution in [0.5, 0.6) is 0 Å². The summed E-state index contributed by atoms with van der Waals surface area (Å²) in [5, 5.41) is 1.38. The number of fused-ring (bicyclic) bond motifs is 1. The molecule has 64 valence electrons. The lowest BCUT2D eigenvalue weighted by atomic mass is 9.98. The lowest BCUT2D eigenvalue weighted by Gasteiger charge is -2.06. The summed E-state index contributed by atoms with van der Waals surface area (Å²) in [6, 6.07) is 6.65. The summed E-state index contributed by atoms with van der Waals surface area (Å²) in [7, 11) is 0. The summed E-state index contributed by atoms with van der Waals surface area (Å²) in [5.74, 6) is 0. The molecule has 0 aromatic heterocycles. The third-order valence-electron chi connectivity index (χ3n) is 2.61. The number of thioether (sulfide) groups is 1. The van der Waals surface area contributed by atoms with Gasteiger partial charge in [0.05, 0.1) is 0 Å². The van der Waals surface area contributed by atoms with E-state index in [1.54, 1.807) is 11.1 Å². The van der Waals surface area contributed by atoms with Crippen molar-refractivity contribution in [2.24, 2.45) is 0 Å². The maximum absolute atomic E-state index is 2.31. The van der Waals surface area contributed by atoms with Gasteiger partial charge in [-0.05, 0) is 37.5 Å². The third-order valence-corrected chi connectivity index (χ3v) is 3.92. The van der Waals surface area contributed by atoms with Crippen molar-refractivity contribution >= 4 is 11.8 Å². The van der Waals surface area contributed by atoms with Gasteiger partial charge in [-0.25, -0.2) is 0 Å². The van der Waals surface area contributed by atoms with Crippen molar-refractivity contribution in [2.45, 2.75) is 31.3 Å². The minimum Gasteiger partial charge on any atom is -0.146 e. The zero-order valence-electron chi connectivity index (χ0n) is 7.79.